The van der Waals surface area contributed by atoms with E-state index in [1.807, 2.05) is 36.4 Å². The van der Waals surface area contributed by atoms with E-state index in [1.165, 1.54) is 0 Å². The van der Waals surface area contributed by atoms with Gasteiger partial charge in [0.15, 0.2) is 0 Å². The lowest BCUT2D eigenvalue weighted by Gasteiger charge is -2.43. The van der Waals surface area contributed by atoms with E-state index in [-0.39, 0.29) is 0 Å². The minimum atomic E-state index is -5.15. The van der Waals surface area contributed by atoms with E-state index in [4.69, 9.17) is 4.18 Å². The van der Waals surface area contributed by atoms with Gasteiger partial charge in [-0.15, -0.1) is 0 Å². The van der Waals surface area contributed by atoms with Crippen molar-refractivity contribution in [2.75, 3.05) is 0 Å². The Labute approximate surface area is 324 Å². The van der Waals surface area contributed by atoms with Crippen LogP contribution in [0.25, 0.3) is 0 Å². The number of rotatable bonds is 4. The first-order valence-corrected chi connectivity index (χ1v) is 19.9. The van der Waals surface area contributed by atoms with Crippen LogP contribution in [0.4, 0.5) is 13.2 Å². The van der Waals surface area contributed by atoms with Crippen LogP contribution < -0.4 is 0 Å². The first-order chi connectivity index (χ1) is 16.1. The van der Waals surface area contributed by atoms with Crippen molar-refractivity contribution in [3.63, 3.8) is 0 Å². The van der Waals surface area contributed by atoms with E-state index in [0.29, 0.717) is 14.7 Å². The van der Waals surface area contributed by atoms with Gasteiger partial charge in [0.1, 0.15) is 0 Å². The fraction of sp³-hybridized carbons (Fsp3) is 0.0500. The number of hydrogen-bond donors (Lipinski definition) is 0. The minimum absolute atomic E-state index is 0.589. The van der Waals surface area contributed by atoms with E-state index < -0.39 is 22.5 Å². The van der Waals surface area contributed by atoms with Gasteiger partial charge >= 0.3 is 12.1 Å². The molecule has 35 heavy (non-hydrogen) atoms. The van der Waals surface area contributed by atoms with Crippen LogP contribution in [-0.2, 0) is 8.98 Å². The minimum Gasteiger partial charge on any atom is -0.395 e. The molecule has 188 valence electrons. The highest BCUT2D eigenvalue weighted by Gasteiger charge is 2.50. The first kappa shape index (κ1) is 33.3. The molecule has 0 saturated heterocycles. The summed E-state index contributed by atoms with van der Waals surface area (Å²) in [4.78, 5) is 14.5. The molecule has 0 radical (unpaired) electrons. The number of benzene rings is 3. The maximum atomic E-state index is 13.8. The zero-order valence-electron chi connectivity index (χ0n) is 16.2. The maximum Gasteiger partial charge on any atom is 0.491 e. The van der Waals surface area contributed by atoms with Crippen molar-refractivity contribution in [1.29, 1.82) is 0 Å². The third-order valence-electron chi connectivity index (χ3n) is 4.18. The number of halogens is 12. The Morgan fingerprint density at radius 2 is 0.800 bits per heavy atom. The average molecular weight is 1510 g/mol. The molecule has 15 heteroatoms. The summed E-state index contributed by atoms with van der Waals surface area (Å²) in [5, 5.41) is 0. The predicted molar refractivity (Wildman–Crippen MR) is 208 cm³/mol. The second-order valence-corrected chi connectivity index (χ2v) is 19.7. The van der Waals surface area contributed by atoms with Crippen molar-refractivity contribution in [3.8, 4) is 0 Å². The number of alkyl halides is 3. The van der Waals surface area contributed by atoms with Crippen LogP contribution in [0.1, 0.15) is 0 Å². The van der Waals surface area contributed by atoms with Crippen LogP contribution in [0, 0.1) is 32.1 Å². The van der Waals surface area contributed by atoms with Crippen LogP contribution in [0.2, 0.25) is 0 Å². The molecule has 3 rings (SSSR count). The average Bonchev–Trinajstić information content (AvgIpc) is 2.64. The molecule has 2 nitrogen and oxygen atoms in total. The molecule has 0 bridgehead atoms. The molecule has 0 unspecified atom stereocenters. The van der Waals surface area contributed by atoms with E-state index >= 15 is 0 Å². The zero-order valence-corrected chi connectivity index (χ0v) is 36.5. The molecule has 3 aromatic rings. The summed E-state index contributed by atoms with van der Waals surface area (Å²) in [5.74, 6) is -2.20. The molecule has 0 aliphatic carbocycles. The zero-order chi connectivity index (χ0) is 26.5. The van der Waals surface area contributed by atoms with Gasteiger partial charge in [-0.3, -0.25) is 0 Å². The van der Waals surface area contributed by atoms with Gasteiger partial charge in [-0.25, -0.2) is 4.79 Å². The van der Waals surface area contributed by atoms with Gasteiger partial charge in [0.2, 0.25) is 0 Å². The lowest BCUT2D eigenvalue weighted by molar-refractivity contribution is -0.188. The normalized spacial score (nSPS) is 12.6. The Hall–Kier alpha value is 3.84. The van der Waals surface area contributed by atoms with E-state index in [2.05, 4.69) is 203 Å². The SMILES string of the molecule is O=C(OS(c1c(I)cc(I)cc1I)(c1c(I)cc(I)cc1I)c1c(I)cc(I)cc1I)C(F)(F)F. The van der Waals surface area contributed by atoms with Crippen LogP contribution in [0.5, 0.6) is 0 Å². The summed E-state index contributed by atoms with van der Waals surface area (Å²) in [6.07, 6.45) is -5.15. The smallest absolute Gasteiger partial charge is 0.395 e. The number of carbonyl (C=O) groups is 1. The third kappa shape index (κ3) is 7.44. The molecule has 0 N–H and O–H groups in total. The lowest BCUT2D eigenvalue weighted by Crippen LogP contribution is -2.29. The molecule has 0 atom stereocenters. The van der Waals surface area contributed by atoms with Crippen molar-refractivity contribution in [1.82, 2.24) is 0 Å². The summed E-state index contributed by atoms with van der Waals surface area (Å²) >= 11 is 19.4. The van der Waals surface area contributed by atoms with Gasteiger partial charge in [-0.05, 0) is 240 Å². The summed E-state index contributed by atoms with van der Waals surface area (Å²) in [5.41, 5.74) is 0. The molecule has 0 aliphatic heterocycles. The molecule has 0 aliphatic rings. The Morgan fingerprint density at radius 3 is 1.00 bits per heavy atom. The fourth-order valence-corrected chi connectivity index (χ4v) is 22.5. The van der Waals surface area contributed by atoms with E-state index in [1.54, 1.807) is 0 Å². The Kier molecular flexibility index (Phi) is 12.8. The highest BCUT2D eigenvalue weighted by atomic mass is 127. The molecular weight excluding hydrogens is 1500 g/mol. The Morgan fingerprint density at radius 1 is 0.571 bits per heavy atom. The van der Waals surface area contributed by atoms with E-state index in [9.17, 15) is 18.0 Å². The van der Waals surface area contributed by atoms with Crippen molar-refractivity contribution >= 4 is 220 Å². The van der Waals surface area contributed by atoms with E-state index in [0.717, 1.165) is 32.1 Å². The molecule has 0 saturated carbocycles. The standard InChI is InChI=1S/C20H6F3I9O2S/c21-20(22,23)19(33)34-35(16-10(27)1-7(24)2-11(16)28,17-12(29)3-8(25)4-13(17)30)18-14(31)5-9(26)6-15(18)32/h1-6H. The van der Waals surface area contributed by atoms with Gasteiger partial charge in [-0.1, -0.05) is 0 Å². The van der Waals surface area contributed by atoms with Gasteiger partial charge in [0.25, 0.3) is 0 Å². The van der Waals surface area contributed by atoms with Crippen molar-refractivity contribution in [2.45, 2.75) is 20.9 Å². The van der Waals surface area contributed by atoms with Crippen molar-refractivity contribution in [2.24, 2.45) is 0 Å². The summed E-state index contributed by atoms with van der Waals surface area (Å²) in [7, 11) is -3.17. The molecule has 0 aromatic heterocycles. The van der Waals surface area contributed by atoms with Gasteiger partial charge in [0.05, 0.1) is 14.7 Å². The summed E-state index contributed by atoms with van der Waals surface area (Å²) < 4.78 is 54.6. The monoisotopic (exact) mass is 1510 g/mol. The number of carbonyl (C=O) groups excluding carboxylic acids is 1. The predicted octanol–water partition coefficient (Wildman–Crippen LogP) is 11.4. The molecule has 0 spiro atoms. The lowest BCUT2D eigenvalue weighted by atomic mass is 10.3. The van der Waals surface area contributed by atoms with Gasteiger partial charge < -0.3 is 4.18 Å². The highest BCUT2D eigenvalue weighted by molar-refractivity contribution is 14.1. The Balaban J connectivity index is 2.68. The molecule has 3 aromatic carbocycles. The fourth-order valence-electron chi connectivity index (χ4n) is 3.00. The largest absolute Gasteiger partial charge is 0.491 e. The highest BCUT2D eigenvalue weighted by Crippen LogP contribution is 2.74. The van der Waals surface area contributed by atoms with Crippen LogP contribution >= 0.6 is 214 Å². The topological polar surface area (TPSA) is 26.3 Å². The molecular formula is C20H6F3I9O2S. The maximum absolute atomic E-state index is 13.8. The van der Waals surface area contributed by atoms with Gasteiger partial charge in [0, 0.05) is 42.4 Å². The van der Waals surface area contributed by atoms with Crippen LogP contribution in [-0.4, -0.2) is 12.1 Å². The van der Waals surface area contributed by atoms with Crippen molar-refractivity contribution < 1.29 is 22.1 Å². The number of hydrogen-bond acceptors (Lipinski definition) is 2. The van der Waals surface area contributed by atoms with Crippen LogP contribution in [0.3, 0.4) is 0 Å². The second-order valence-electron chi connectivity index (χ2n) is 6.52. The summed E-state index contributed by atoms with van der Waals surface area (Å²) in [6.45, 7) is 0. The molecule has 0 amide bonds. The van der Waals surface area contributed by atoms with Crippen LogP contribution in [0.15, 0.2) is 51.1 Å². The molecule has 0 fully saturated rings. The summed E-state index contributed by atoms with van der Waals surface area (Å²) in [6, 6.07) is 11.4. The van der Waals surface area contributed by atoms with Gasteiger partial charge in [-0.2, -0.15) is 13.2 Å². The third-order valence-corrected chi connectivity index (χ3v) is 16.8. The molecule has 0 heterocycles. The Bertz CT molecular complexity index is 1140. The first-order valence-electron chi connectivity index (χ1n) is 8.67. The quantitative estimate of drug-likeness (QED) is 0.243. The van der Waals surface area contributed by atoms with Crippen molar-refractivity contribution in [3.05, 3.63) is 68.5 Å². The second kappa shape index (κ2) is 13.4.